The number of carbonyl (C=O) groups is 1. The van der Waals surface area contributed by atoms with Crippen LogP contribution in [0.15, 0.2) is 11.1 Å². The second-order valence-corrected chi connectivity index (χ2v) is 6.47. The minimum Gasteiger partial charge on any atom is -0.462 e. The summed E-state index contributed by atoms with van der Waals surface area (Å²) < 4.78 is 12.8. The van der Waals surface area contributed by atoms with Gasteiger partial charge in [0, 0.05) is 0 Å². The third-order valence-corrected chi connectivity index (χ3v) is 4.25. The summed E-state index contributed by atoms with van der Waals surface area (Å²) >= 11 is 0. The molecule has 10 heteroatoms. The second-order valence-electron chi connectivity index (χ2n) is 6.47. The SMILES string of the molecule is C#C.CC(C)C(N)C(=O)OCC1CCC(n2cnc3c(=O)[nH]c(N)nc32)O1. The van der Waals surface area contributed by atoms with Gasteiger partial charge in [-0.15, -0.1) is 12.8 Å². The van der Waals surface area contributed by atoms with Crippen molar-refractivity contribution in [3.63, 3.8) is 0 Å². The fraction of sp³-hybridized carbons (Fsp3) is 0.529. The van der Waals surface area contributed by atoms with Crippen molar-refractivity contribution >= 4 is 23.1 Å². The van der Waals surface area contributed by atoms with Gasteiger partial charge in [-0.1, -0.05) is 13.8 Å². The number of ether oxygens (including phenoxy) is 2. The molecule has 146 valence electrons. The standard InChI is InChI=1S/C15H22N6O4.C2H2/c1-7(2)10(16)14(23)24-5-8-3-4-9(25-8)21-6-18-11-12(21)19-15(17)20-13(11)22;1-2/h6-10H,3-5,16H2,1-2H3,(H3,17,19,20,22);1-2H. The number of esters is 1. The lowest BCUT2D eigenvalue weighted by molar-refractivity contribution is -0.151. The Morgan fingerprint density at radius 3 is 2.85 bits per heavy atom. The number of hydrogen-bond acceptors (Lipinski definition) is 8. The molecule has 3 heterocycles. The van der Waals surface area contributed by atoms with Gasteiger partial charge in [-0.2, -0.15) is 4.98 Å². The van der Waals surface area contributed by atoms with Gasteiger partial charge in [-0.05, 0) is 18.8 Å². The zero-order chi connectivity index (χ0) is 20.1. The van der Waals surface area contributed by atoms with Crippen LogP contribution in [-0.2, 0) is 14.3 Å². The summed E-state index contributed by atoms with van der Waals surface area (Å²) in [5.74, 6) is -0.404. The Balaban J connectivity index is 0.00000126. The van der Waals surface area contributed by atoms with E-state index in [1.165, 1.54) is 6.33 Å². The molecule has 10 nitrogen and oxygen atoms in total. The van der Waals surface area contributed by atoms with E-state index in [9.17, 15) is 9.59 Å². The maximum Gasteiger partial charge on any atom is 0.323 e. The Morgan fingerprint density at radius 2 is 2.19 bits per heavy atom. The zero-order valence-corrected chi connectivity index (χ0v) is 15.3. The van der Waals surface area contributed by atoms with E-state index >= 15 is 0 Å². The summed E-state index contributed by atoms with van der Waals surface area (Å²) in [6.07, 6.45) is 10.3. The first-order valence-electron chi connectivity index (χ1n) is 8.50. The van der Waals surface area contributed by atoms with Crippen LogP contribution < -0.4 is 17.0 Å². The fourth-order valence-electron chi connectivity index (χ4n) is 2.71. The van der Waals surface area contributed by atoms with E-state index in [0.29, 0.717) is 18.5 Å². The van der Waals surface area contributed by atoms with Gasteiger partial charge in [0.2, 0.25) is 5.95 Å². The average molecular weight is 376 g/mol. The summed E-state index contributed by atoms with van der Waals surface area (Å²) in [6, 6.07) is -0.645. The quantitative estimate of drug-likeness (QED) is 0.493. The van der Waals surface area contributed by atoms with Crippen molar-refractivity contribution < 1.29 is 14.3 Å². The van der Waals surface area contributed by atoms with E-state index in [4.69, 9.17) is 20.9 Å². The Labute approximate surface area is 156 Å². The van der Waals surface area contributed by atoms with Gasteiger partial charge in [0.25, 0.3) is 5.56 Å². The lowest BCUT2D eigenvalue weighted by atomic mass is 10.1. The first kappa shape index (κ1) is 20.4. The number of H-pyrrole nitrogens is 1. The largest absolute Gasteiger partial charge is 0.462 e. The van der Waals surface area contributed by atoms with Gasteiger partial charge >= 0.3 is 5.97 Å². The van der Waals surface area contributed by atoms with Gasteiger partial charge in [0.05, 0.1) is 12.4 Å². The number of terminal acetylenes is 1. The number of hydrogen-bond donors (Lipinski definition) is 3. The molecule has 0 amide bonds. The van der Waals surface area contributed by atoms with E-state index in [-0.39, 0.29) is 36.3 Å². The third-order valence-electron chi connectivity index (χ3n) is 4.25. The normalized spacial score (nSPS) is 20.2. The number of aromatic nitrogens is 4. The molecule has 1 aliphatic rings. The monoisotopic (exact) mass is 376 g/mol. The minimum atomic E-state index is -0.645. The average Bonchev–Trinajstić information content (AvgIpc) is 3.27. The van der Waals surface area contributed by atoms with Gasteiger partial charge in [0.1, 0.15) is 18.9 Å². The molecule has 3 atom stereocenters. The Morgan fingerprint density at radius 1 is 1.48 bits per heavy atom. The van der Waals surface area contributed by atoms with Crippen LogP contribution in [0.25, 0.3) is 11.2 Å². The van der Waals surface area contributed by atoms with E-state index in [2.05, 4.69) is 27.8 Å². The molecule has 2 aromatic heterocycles. The lowest BCUT2D eigenvalue weighted by Gasteiger charge is -2.18. The van der Waals surface area contributed by atoms with Crippen LogP contribution >= 0.6 is 0 Å². The number of aromatic amines is 1. The first-order chi connectivity index (χ1) is 12.9. The highest BCUT2D eigenvalue weighted by molar-refractivity contribution is 5.75. The predicted molar refractivity (Wildman–Crippen MR) is 99.4 cm³/mol. The predicted octanol–water partition coefficient (Wildman–Crippen LogP) is 0.155. The number of rotatable bonds is 5. The first-order valence-corrected chi connectivity index (χ1v) is 8.50. The molecule has 1 saturated heterocycles. The second kappa shape index (κ2) is 8.66. The van der Waals surface area contributed by atoms with Crippen LogP contribution in [0.3, 0.4) is 0 Å². The number of nitrogens with two attached hydrogens (primary N) is 2. The molecule has 0 spiro atoms. The molecule has 3 unspecified atom stereocenters. The molecule has 0 bridgehead atoms. The van der Waals surface area contributed by atoms with Crippen LogP contribution in [0.5, 0.6) is 0 Å². The molecule has 1 fully saturated rings. The third kappa shape index (κ3) is 4.45. The summed E-state index contributed by atoms with van der Waals surface area (Å²) in [7, 11) is 0. The molecule has 0 aliphatic carbocycles. The molecular formula is C17H24N6O4. The zero-order valence-electron chi connectivity index (χ0n) is 15.3. The highest BCUT2D eigenvalue weighted by Gasteiger charge is 2.30. The molecule has 27 heavy (non-hydrogen) atoms. The Kier molecular flexibility index (Phi) is 6.55. The van der Waals surface area contributed by atoms with Crippen molar-refractivity contribution in [3.8, 4) is 12.8 Å². The lowest BCUT2D eigenvalue weighted by Crippen LogP contribution is -2.38. The number of nitrogen functional groups attached to an aromatic ring is 1. The van der Waals surface area contributed by atoms with Crippen LogP contribution in [0.4, 0.5) is 5.95 Å². The highest BCUT2D eigenvalue weighted by atomic mass is 16.6. The van der Waals surface area contributed by atoms with Gasteiger partial charge in [-0.3, -0.25) is 19.1 Å². The molecule has 0 aromatic carbocycles. The topological polar surface area (TPSA) is 151 Å². The minimum absolute atomic E-state index is 0.0108. The molecular weight excluding hydrogens is 352 g/mol. The van der Waals surface area contributed by atoms with Gasteiger partial charge in [0.15, 0.2) is 11.2 Å². The molecule has 1 aliphatic heterocycles. The van der Waals surface area contributed by atoms with Crippen molar-refractivity contribution in [3.05, 3.63) is 16.7 Å². The van der Waals surface area contributed by atoms with Crippen molar-refractivity contribution in [2.45, 2.75) is 45.1 Å². The van der Waals surface area contributed by atoms with E-state index in [1.807, 2.05) is 13.8 Å². The fourth-order valence-corrected chi connectivity index (χ4v) is 2.71. The van der Waals surface area contributed by atoms with Crippen molar-refractivity contribution in [1.82, 2.24) is 19.5 Å². The van der Waals surface area contributed by atoms with Crippen LogP contribution in [0, 0.1) is 18.8 Å². The molecule has 0 saturated carbocycles. The number of imidazole rings is 1. The summed E-state index contributed by atoms with van der Waals surface area (Å²) in [5, 5.41) is 0. The van der Waals surface area contributed by atoms with Crippen LogP contribution in [0.2, 0.25) is 0 Å². The summed E-state index contributed by atoms with van der Waals surface area (Å²) in [4.78, 5) is 34.2. The van der Waals surface area contributed by atoms with Crippen molar-refractivity contribution in [2.75, 3.05) is 12.3 Å². The number of carbonyl (C=O) groups excluding carboxylic acids is 1. The maximum absolute atomic E-state index is 11.8. The van der Waals surface area contributed by atoms with Crippen LogP contribution in [-0.4, -0.2) is 44.2 Å². The van der Waals surface area contributed by atoms with E-state index in [1.54, 1.807) is 4.57 Å². The number of fused-ring (bicyclic) bond motifs is 1. The molecule has 2 aromatic rings. The van der Waals surface area contributed by atoms with Crippen LogP contribution in [0.1, 0.15) is 32.9 Å². The Bertz CT molecular complexity index is 871. The highest BCUT2D eigenvalue weighted by Crippen LogP contribution is 2.30. The van der Waals surface area contributed by atoms with Gasteiger partial charge in [-0.25, -0.2) is 4.98 Å². The number of nitrogens with zero attached hydrogens (tertiary/aromatic N) is 3. The summed E-state index contributed by atoms with van der Waals surface area (Å²) in [6.45, 7) is 3.86. The van der Waals surface area contributed by atoms with E-state index in [0.717, 1.165) is 0 Å². The molecule has 0 radical (unpaired) electrons. The maximum atomic E-state index is 11.8. The Hall–Kier alpha value is -2.90. The van der Waals surface area contributed by atoms with Gasteiger partial charge < -0.3 is 20.9 Å². The van der Waals surface area contributed by atoms with Crippen molar-refractivity contribution in [1.29, 1.82) is 0 Å². The number of nitrogens with one attached hydrogen (secondary N) is 1. The smallest absolute Gasteiger partial charge is 0.323 e. The molecule has 5 N–H and O–H groups in total. The summed E-state index contributed by atoms with van der Waals surface area (Å²) in [5.41, 5.74) is 11.5. The molecule has 3 rings (SSSR count). The van der Waals surface area contributed by atoms with E-state index < -0.39 is 17.6 Å². The van der Waals surface area contributed by atoms with Crippen molar-refractivity contribution in [2.24, 2.45) is 11.7 Å². The number of anilines is 1.